The molecule has 1 atom stereocenters. The fourth-order valence-corrected chi connectivity index (χ4v) is 3.00. The molecule has 0 amide bonds. The Balaban J connectivity index is 2.95. The van der Waals surface area contributed by atoms with E-state index in [2.05, 4.69) is 12.2 Å². The van der Waals surface area contributed by atoms with Gasteiger partial charge in [0.2, 0.25) is 0 Å². The lowest BCUT2D eigenvalue weighted by Gasteiger charge is -2.27. The highest BCUT2D eigenvalue weighted by Gasteiger charge is 2.28. The van der Waals surface area contributed by atoms with Crippen molar-refractivity contribution in [2.24, 2.45) is 0 Å². The number of anilines is 1. The van der Waals surface area contributed by atoms with Crippen molar-refractivity contribution in [1.29, 1.82) is 0 Å². The van der Waals surface area contributed by atoms with Crippen molar-refractivity contribution in [2.75, 3.05) is 11.9 Å². The first kappa shape index (κ1) is 18.7. The van der Waals surface area contributed by atoms with Crippen molar-refractivity contribution in [2.45, 2.75) is 71.6 Å². The maximum absolute atomic E-state index is 13.9. The molecule has 0 heterocycles. The lowest BCUT2D eigenvalue weighted by atomic mass is 9.77. The summed E-state index contributed by atoms with van der Waals surface area (Å²) in [5.41, 5.74) is 1.97. The first-order valence-corrected chi connectivity index (χ1v) is 8.49. The molecular formula is C19H30FNO. The molecule has 0 aliphatic carbocycles. The van der Waals surface area contributed by atoms with Gasteiger partial charge < -0.3 is 10.1 Å². The van der Waals surface area contributed by atoms with Crippen molar-refractivity contribution in [3.8, 4) is 0 Å². The van der Waals surface area contributed by atoms with Crippen LogP contribution in [0.4, 0.5) is 10.1 Å². The van der Waals surface area contributed by atoms with Crippen LogP contribution < -0.4 is 5.32 Å². The van der Waals surface area contributed by atoms with Crippen molar-refractivity contribution in [3.63, 3.8) is 0 Å². The van der Waals surface area contributed by atoms with Gasteiger partial charge in [-0.3, -0.25) is 0 Å². The number of hydrogen-bond acceptors (Lipinski definition) is 2. The molecule has 1 aromatic carbocycles. The second-order valence-corrected chi connectivity index (χ2v) is 6.36. The van der Waals surface area contributed by atoms with Crippen LogP contribution in [0.25, 0.3) is 0 Å². The molecule has 3 heteroatoms. The van der Waals surface area contributed by atoms with E-state index in [4.69, 9.17) is 0 Å². The van der Waals surface area contributed by atoms with Crippen molar-refractivity contribution >= 4 is 12.0 Å². The van der Waals surface area contributed by atoms with Gasteiger partial charge in [-0.25, -0.2) is 4.39 Å². The van der Waals surface area contributed by atoms with E-state index in [0.717, 1.165) is 48.9 Å². The third kappa shape index (κ3) is 4.82. The summed E-state index contributed by atoms with van der Waals surface area (Å²) in [5.74, 6) is -0.282. The number of carbonyl (C=O) groups excluding carboxylic acids is 1. The average molecular weight is 307 g/mol. The molecule has 0 aliphatic rings. The summed E-state index contributed by atoms with van der Waals surface area (Å²) in [6, 6.07) is 3.03. The molecule has 0 aromatic heterocycles. The summed E-state index contributed by atoms with van der Waals surface area (Å²) in [4.78, 5) is 11.7. The Morgan fingerprint density at radius 3 is 2.45 bits per heavy atom. The zero-order valence-electron chi connectivity index (χ0n) is 14.5. The van der Waals surface area contributed by atoms with Crippen LogP contribution in [0.3, 0.4) is 0 Å². The number of nitrogens with one attached hydrogen (secondary N) is 1. The van der Waals surface area contributed by atoms with E-state index in [0.29, 0.717) is 0 Å². The Kier molecular flexibility index (Phi) is 7.57. The summed E-state index contributed by atoms with van der Waals surface area (Å²) in [5, 5.41) is 3.18. The van der Waals surface area contributed by atoms with Gasteiger partial charge in [0.15, 0.2) is 0 Å². The van der Waals surface area contributed by atoms with Crippen LogP contribution in [0.5, 0.6) is 0 Å². The van der Waals surface area contributed by atoms with E-state index in [1.165, 1.54) is 31.4 Å². The Morgan fingerprint density at radius 1 is 1.18 bits per heavy atom. The normalized spacial score (nSPS) is 13.7. The average Bonchev–Trinajstić information content (AvgIpc) is 2.50. The molecule has 1 N–H and O–H groups in total. The molecule has 124 valence electrons. The predicted octanol–water partition coefficient (Wildman–Crippen LogP) is 5.38. The van der Waals surface area contributed by atoms with Gasteiger partial charge >= 0.3 is 0 Å². The summed E-state index contributed by atoms with van der Waals surface area (Å²) < 4.78 is 13.9. The fraction of sp³-hybridized carbons (Fsp3) is 0.632. The summed E-state index contributed by atoms with van der Waals surface area (Å²) in [6.45, 7) is 8.80. The van der Waals surface area contributed by atoms with Gasteiger partial charge in [0.1, 0.15) is 12.1 Å². The molecule has 1 rings (SSSR count). The minimum absolute atomic E-state index is 0.282. The van der Waals surface area contributed by atoms with Gasteiger partial charge in [0.25, 0.3) is 0 Å². The molecule has 2 nitrogen and oxygen atoms in total. The molecule has 0 bridgehead atoms. The molecule has 0 spiro atoms. The highest BCUT2D eigenvalue weighted by Crippen LogP contribution is 2.34. The van der Waals surface area contributed by atoms with Gasteiger partial charge in [0.05, 0.1) is 0 Å². The highest BCUT2D eigenvalue weighted by atomic mass is 19.1. The second-order valence-electron chi connectivity index (χ2n) is 6.36. The van der Waals surface area contributed by atoms with Crippen LogP contribution in [-0.4, -0.2) is 12.8 Å². The summed E-state index contributed by atoms with van der Waals surface area (Å²) >= 11 is 0. The van der Waals surface area contributed by atoms with Crippen LogP contribution in [0.2, 0.25) is 0 Å². The Hall–Kier alpha value is -1.38. The van der Waals surface area contributed by atoms with Crippen LogP contribution in [0, 0.1) is 12.7 Å². The second kappa shape index (κ2) is 8.92. The van der Waals surface area contributed by atoms with Crippen LogP contribution >= 0.6 is 0 Å². The first-order valence-electron chi connectivity index (χ1n) is 8.49. The number of aldehydes is 1. The molecule has 1 aromatic rings. The van der Waals surface area contributed by atoms with E-state index in [9.17, 15) is 9.18 Å². The van der Waals surface area contributed by atoms with Gasteiger partial charge in [-0.05, 0) is 50.5 Å². The van der Waals surface area contributed by atoms with Gasteiger partial charge in [0, 0.05) is 17.6 Å². The smallest absolute Gasteiger partial charge is 0.130 e. The van der Waals surface area contributed by atoms with Gasteiger partial charge in [-0.1, -0.05) is 39.0 Å². The zero-order chi connectivity index (χ0) is 16.6. The number of benzene rings is 1. The number of halogens is 1. The molecule has 1 unspecified atom stereocenters. The lowest BCUT2D eigenvalue weighted by molar-refractivity contribution is -0.112. The van der Waals surface area contributed by atoms with E-state index in [-0.39, 0.29) is 5.82 Å². The molecule has 0 radical (unpaired) electrons. The number of hydrogen-bond donors (Lipinski definition) is 1. The predicted molar refractivity (Wildman–Crippen MR) is 92.1 cm³/mol. The highest BCUT2D eigenvalue weighted by molar-refractivity contribution is 5.71. The van der Waals surface area contributed by atoms with Crippen LogP contribution in [0.1, 0.15) is 70.4 Å². The molecular weight excluding hydrogens is 277 g/mol. The van der Waals surface area contributed by atoms with Crippen molar-refractivity contribution in [3.05, 3.63) is 29.1 Å². The van der Waals surface area contributed by atoms with Gasteiger partial charge in [-0.15, -0.1) is 0 Å². The van der Waals surface area contributed by atoms with E-state index < -0.39 is 5.41 Å². The maximum Gasteiger partial charge on any atom is 0.130 e. The molecule has 22 heavy (non-hydrogen) atoms. The topological polar surface area (TPSA) is 29.1 Å². The van der Waals surface area contributed by atoms with E-state index >= 15 is 0 Å². The first-order chi connectivity index (χ1) is 10.5. The van der Waals surface area contributed by atoms with Crippen molar-refractivity contribution < 1.29 is 9.18 Å². The van der Waals surface area contributed by atoms with Gasteiger partial charge in [-0.2, -0.15) is 0 Å². The molecule has 0 fully saturated rings. The summed E-state index contributed by atoms with van der Waals surface area (Å²) in [7, 11) is 0. The molecule has 0 aliphatic heterocycles. The van der Waals surface area contributed by atoms with E-state index in [1.54, 1.807) is 0 Å². The number of rotatable bonds is 10. The molecule has 0 saturated carbocycles. The van der Waals surface area contributed by atoms with Crippen molar-refractivity contribution in [1.82, 2.24) is 0 Å². The van der Waals surface area contributed by atoms with E-state index in [1.807, 2.05) is 20.8 Å². The largest absolute Gasteiger partial charge is 0.385 e. The standard InChI is InChI=1S/C19H30FNO/c1-5-7-8-9-10-11-19(4,14-22)17-12-16(20)13-18(15(17)3)21-6-2/h12-14,21H,5-11H2,1-4H3. The SMILES string of the molecule is CCCCCCCC(C)(C=O)c1cc(F)cc(NCC)c1C. The Bertz CT molecular complexity index is 487. The lowest BCUT2D eigenvalue weighted by Crippen LogP contribution is -2.25. The Morgan fingerprint density at radius 2 is 1.86 bits per heavy atom. The minimum atomic E-state index is -0.609. The monoisotopic (exact) mass is 307 g/mol. The quantitative estimate of drug-likeness (QED) is 0.464. The zero-order valence-corrected chi connectivity index (χ0v) is 14.5. The minimum Gasteiger partial charge on any atom is -0.385 e. The van der Waals surface area contributed by atoms with Crippen LogP contribution in [0.15, 0.2) is 12.1 Å². The maximum atomic E-state index is 13.9. The Labute approximate surface area is 134 Å². The number of carbonyl (C=O) groups is 1. The third-order valence-corrected chi connectivity index (χ3v) is 4.41. The summed E-state index contributed by atoms with van der Waals surface area (Å²) in [6.07, 6.45) is 7.55. The number of unbranched alkanes of at least 4 members (excludes halogenated alkanes) is 4. The molecule has 0 saturated heterocycles. The fourth-order valence-electron chi connectivity index (χ4n) is 3.00. The third-order valence-electron chi connectivity index (χ3n) is 4.41. The van der Waals surface area contributed by atoms with Crippen LogP contribution in [-0.2, 0) is 10.2 Å².